The molecule has 0 fully saturated rings. The third-order valence-electron chi connectivity index (χ3n) is 4.21. The Labute approximate surface area is 154 Å². The van der Waals surface area contributed by atoms with Gasteiger partial charge in [-0.25, -0.2) is 13.2 Å². The maximum atomic E-state index is 13.0. The van der Waals surface area contributed by atoms with E-state index in [1.807, 2.05) is 19.9 Å². The molecule has 1 aromatic heterocycles. The summed E-state index contributed by atoms with van der Waals surface area (Å²) in [5, 5.41) is 0.183. The van der Waals surface area contributed by atoms with E-state index >= 15 is 0 Å². The smallest absolute Gasteiger partial charge is 0.396 e. The lowest BCUT2D eigenvalue weighted by Gasteiger charge is -2.16. The highest BCUT2D eigenvalue weighted by Gasteiger charge is 2.23. The number of aryl methyl sites for hydroxylation is 2. The standard InChI is InChI=1S/C17H16ClNO4S2/c1-8-5-9(2)11(4)16(10(8)3)25(21,22)19-12-6-13(18)15-14(7-12)24-17(20)23-15/h5-7,19H,1-4H3. The average molecular weight is 398 g/mol. The van der Waals surface area contributed by atoms with Crippen LogP contribution in [0.5, 0.6) is 0 Å². The fourth-order valence-corrected chi connectivity index (χ4v) is 5.49. The van der Waals surface area contributed by atoms with E-state index in [1.54, 1.807) is 19.9 Å². The van der Waals surface area contributed by atoms with Crippen LogP contribution in [-0.2, 0) is 10.0 Å². The molecular formula is C17H16ClNO4S2. The molecule has 0 aliphatic rings. The van der Waals surface area contributed by atoms with Gasteiger partial charge in [-0.05, 0) is 62.1 Å². The number of rotatable bonds is 3. The number of hydrogen-bond donors (Lipinski definition) is 1. The molecule has 0 aliphatic heterocycles. The average Bonchev–Trinajstić information content (AvgIpc) is 2.85. The highest BCUT2D eigenvalue weighted by Crippen LogP contribution is 2.32. The van der Waals surface area contributed by atoms with Crippen molar-refractivity contribution >= 4 is 48.9 Å². The van der Waals surface area contributed by atoms with Gasteiger partial charge in [0, 0.05) is 0 Å². The van der Waals surface area contributed by atoms with Crippen LogP contribution in [0.15, 0.2) is 32.3 Å². The molecular weight excluding hydrogens is 382 g/mol. The zero-order valence-electron chi connectivity index (χ0n) is 14.1. The third-order valence-corrected chi connectivity index (χ3v) is 6.91. The van der Waals surface area contributed by atoms with E-state index in [0.717, 1.165) is 22.5 Å². The Kier molecular flexibility index (Phi) is 4.43. The van der Waals surface area contributed by atoms with Gasteiger partial charge in [0.25, 0.3) is 10.0 Å². The minimum atomic E-state index is -3.81. The third kappa shape index (κ3) is 3.19. The summed E-state index contributed by atoms with van der Waals surface area (Å²) in [4.78, 5) is 11.2. The lowest BCUT2D eigenvalue weighted by atomic mass is 10.0. The number of nitrogens with one attached hydrogen (secondary N) is 1. The van der Waals surface area contributed by atoms with E-state index in [2.05, 4.69) is 4.72 Å². The normalized spacial score (nSPS) is 11.9. The van der Waals surface area contributed by atoms with Crippen LogP contribution in [0.2, 0.25) is 5.02 Å². The maximum Gasteiger partial charge on any atom is 0.396 e. The van der Waals surface area contributed by atoms with E-state index in [4.69, 9.17) is 16.0 Å². The van der Waals surface area contributed by atoms with E-state index in [-0.39, 0.29) is 21.2 Å². The molecule has 0 saturated heterocycles. The zero-order chi connectivity index (χ0) is 18.5. The fourth-order valence-electron chi connectivity index (χ4n) is 2.79. The summed E-state index contributed by atoms with van der Waals surface area (Å²) in [6, 6.07) is 4.95. The Morgan fingerprint density at radius 3 is 2.24 bits per heavy atom. The van der Waals surface area contributed by atoms with Crippen molar-refractivity contribution in [2.75, 3.05) is 4.72 Å². The van der Waals surface area contributed by atoms with E-state index in [1.165, 1.54) is 6.07 Å². The first-order valence-corrected chi connectivity index (χ1v) is 10.1. The first-order valence-electron chi connectivity index (χ1n) is 7.43. The van der Waals surface area contributed by atoms with Crippen LogP contribution in [0, 0.1) is 27.7 Å². The van der Waals surface area contributed by atoms with Crippen molar-refractivity contribution in [3.63, 3.8) is 0 Å². The van der Waals surface area contributed by atoms with Crippen LogP contribution in [0.25, 0.3) is 10.3 Å². The minimum absolute atomic E-state index is 0.183. The molecule has 132 valence electrons. The molecule has 1 N–H and O–H groups in total. The van der Waals surface area contributed by atoms with Gasteiger partial charge in [0.05, 0.1) is 20.3 Å². The monoisotopic (exact) mass is 397 g/mol. The van der Waals surface area contributed by atoms with Crippen LogP contribution in [-0.4, -0.2) is 8.42 Å². The number of anilines is 1. The summed E-state index contributed by atoms with van der Waals surface area (Å²) in [5.74, 6) is 0. The number of benzene rings is 2. The van der Waals surface area contributed by atoms with Crippen molar-refractivity contribution in [3.8, 4) is 0 Å². The van der Waals surface area contributed by atoms with Gasteiger partial charge in [-0.1, -0.05) is 29.0 Å². The Hall–Kier alpha value is -1.83. The quantitative estimate of drug-likeness (QED) is 0.703. The largest absolute Gasteiger partial charge is 0.412 e. The molecule has 0 unspecified atom stereocenters. The predicted octanol–water partition coefficient (Wildman–Crippen LogP) is 4.54. The molecule has 0 atom stereocenters. The predicted molar refractivity (Wildman–Crippen MR) is 102 cm³/mol. The van der Waals surface area contributed by atoms with Gasteiger partial charge in [0.15, 0.2) is 5.58 Å². The van der Waals surface area contributed by atoms with Crippen LogP contribution in [0.1, 0.15) is 22.3 Å². The summed E-state index contributed by atoms with van der Waals surface area (Å²) in [5.41, 5.74) is 3.77. The summed E-state index contributed by atoms with van der Waals surface area (Å²) >= 11 is 6.97. The summed E-state index contributed by atoms with van der Waals surface area (Å²) in [6.07, 6.45) is 0. The van der Waals surface area contributed by atoms with Gasteiger partial charge in [-0.3, -0.25) is 4.72 Å². The molecule has 3 aromatic rings. The van der Waals surface area contributed by atoms with E-state index < -0.39 is 15.0 Å². The van der Waals surface area contributed by atoms with Crippen LogP contribution in [0.3, 0.4) is 0 Å². The Morgan fingerprint density at radius 2 is 1.64 bits per heavy atom. The second-order valence-corrected chi connectivity index (χ2v) is 8.94. The van der Waals surface area contributed by atoms with Gasteiger partial charge in [0.1, 0.15) is 0 Å². The van der Waals surface area contributed by atoms with Gasteiger partial charge in [0.2, 0.25) is 0 Å². The number of sulfonamides is 1. The molecule has 0 radical (unpaired) electrons. The molecule has 0 aliphatic carbocycles. The van der Waals surface area contributed by atoms with Crippen molar-refractivity contribution in [2.24, 2.45) is 0 Å². The van der Waals surface area contributed by atoms with Gasteiger partial charge in [-0.15, -0.1) is 0 Å². The Balaban J connectivity index is 2.13. The summed E-state index contributed by atoms with van der Waals surface area (Å²) in [6.45, 7) is 7.34. The second kappa shape index (κ2) is 6.16. The van der Waals surface area contributed by atoms with Gasteiger partial charge in [-0.2, -0.15) is 0 Å². The van der Waals surface area contributed by atoms with Crippen LogP contribution < -0.4 is 9.66 Å². The number of halogens is 1. The lowest BCUT2D eigenvalue weighted by Crippen LogP contribution is -2.17. The number of hydrogen-bond acceptors (Lipinski definition) is 5. The van der Waals surface area contributed by atoms with Crippen LogP contribution in [0.4, 0.5) is 5.69 Å². The second-order valence-electron chi connectivity index (χ2n) is 5.93. The minimum Gasteiger partial charge on any atom is -0.412 e. The molecule has 2 aromatic carbocycles. The molecule has 3 rings (SSSR count). The highest BCUT2D eigenvalue weighted by atomic mass is 35.5. The summed E-state index contributed by atoms with van der Waals surface area (Å²) < 4.78 is 34.0. The lowest BCUT2D eigenvalue weighted by molar-refractivity contribution is 0.585. The SMILES string of the molecule is Cc1cc(C)c(C)c(S(=O)(=O)Nc2cc(Cl)c3oc(=O)sc3c2)c1C. The van der Waals surface area contributed by atoms with E-state index in [0.29, 0.717) is 15.8 Å². The maximum absolute atomic E-state index is 13.0. The molecule has 8 heteroatoms. The van der Waals surface area contributed by atoms with Crippen molar-refractivity contribution in [1.82, 2.24) is 0 Å². The first-order chi connectivity index (χ1) is 11.6. The number of fused-ring (bicyclic) bond motifs is 1. The van der Waals surface area contributed by atoms with Crippen molar-refractivity contribution in [2.45, 2.75) is 32.6 Å². The topological polar surface area (TPSA) is 76.4 Å². The summed E-state index contributed by atoms with van der Waals surface area (Å²) in [7, 11) is -3.81. The Morgan fingerprint density at radius 1 is 1.04 bits per heavy atom. The zero-order valence-corrected chi connectivity index (χ0v) is 16.4. The van der Waals surface area contributed by atoms with Gasteiger partial charge < -0.3 is 4.42 Å². The van der Waals surface area contributed by atoms with Crippen molar-refractivity contribution in [1.29, 1.82) is 0 Å². The van der Waals surface area contributed by atoms with Gasteiger partial charge >= 0.3 is 4.94 Å². The Bertz CT molecular complexity index is 1130. The van der Waals surface area contributed by atoms with E-state index in [9.17, 15) is 13.2 Å². The molecule has 5 nitrogen and oxygen atoms in total. The van der Waals surface area contributed by atoms with Crippen molar-refractivity contribution in [3.05, 3.63) is 55.2 Å². The molecule has 0 bridgehead atoms. The fraction of sp³-hybridized carbons (Fsp3) is 0.235. The molecule has 0 spiro atoms. The molecule has 0 amide bonds. The van der Waals surface area contributed by atoms with Crippen molar-refractivity contribution < 1.29 is 12.8 Å². The molecule has 25 heavy (non-hydrogen) atoms. The van der Waals surface area contributed by atoms with Crippen LogP contribution >= 0.6 is 22.9 Å². The molecule has 1 heterocycles. The molecule has 0 saturated carbocycles. The first kappa shape index (κ1) is 18.0. The highest BCUT2D eigenvalue weighted by molar-refractivity contribution is 7.92.